The highest BCUT2D eigenvalue weighted by Gasteiger charge is 2.34. The quantitative estimate of drug-likeness (QED) is 0.312. The number of pyridine rings is 1. The Morgan fingerprint density at radius 3 is 2.58 bits per heavy atom. The monoisotopic (exact) mass is 531 g/mol. The van der Waals surface area contributed by atoms with Gasteiger partial charge in [-0.2, -0.15) is 0 Å². The Morgan fingerprint density at radius 1 is 1.13 bits per heavy atom. The Labute approximate surface area is 221 Å². The van der Waals surface area contributed by atoms with Crippen molar-refractivity contribution in [2.24, 2.45) is 11.1 Å². The summed E-state index contributed by atoms with van der Waals surface area (Å²) >= 11 is 0. The van der Waals surface area contributed by atoms with Gasteiger partial charge in [-0.3, -0.25) is 4.98 Å². The molecule has 1 aliphatic rings. The number of fused-ring (bicyclic) bond motifs is 1. The number of piperidine rings is 1. The van der Waals surface area contributed by atoms with Crippen LogP contribution in [-0.4, -0.2) is 53.4 Å². The highest BCUT2D eigenvalue weighted by atomic mass is 19.2. The van der Waals surface area contributed by atoms with Crippen LogP contribution in [0.2, 0.25) is 0 Å². The number of aliphatic hydroxyl groups is 2. The van der Waals surface area contributed by atoms with Crippen LogP contribution in [0.15, 0.2) is 36.5 Å². The van der Waals surface area contributed by atoms with Gasteiger partial charge in [0, 0.05) is 30.8 Å². The summed E-state index contributed by atoms with van der Waals surface area (Å²) < 4.78 is 46.2. The van der Waals surface area contributed by atoms with Gasteiger partial charge in [0.25, 0.3) is 0 Å². The smallest absolute Gasteiger partial charge is 0.162 e. The summed E-state index contributed by atoms with van der Waals surface area (Å²) in [4.78, 5) is 6.69. The predicted molar refractivity (Wildman–Crippen MR) is 140 cm³/mol. The molecule has 1 aliphatic heterocycles. The summed E-state index contributed by atoms with van der Waals surface area (Å²) in [6.07, 6.45) is 4.39. The average Bonchev–Trinajstić information content (AvgIpc) is 2.94. The Bertz CT molecular complexity index is 1240. The van der Waals surface area contributed by atoms with Crippen LogP contribution in [-0.2, 0) is 13.0 Å². The van der Waals surface area contributed by atoms with Crippen molar-refractivity contribution >= 4 is 10.9 Å². The van der Waals surface area contributed by atoms with Crippen molar-refractivity contribution in [3.05, 3.63) is 70.7 Å². The molecular weight excluding hydrogens is 495 g/mol. The van der Waals surface area contributed by atoms with Crippen LogP contribution in [0.1, 0.15) is 54.9 Å². The van der Waals surface area contributed by atoms with Crippen molar-refractivity contribution in [2.45, 2.75) is 51.2 Å². The lowest BCUT2D eigenvalue weighted by Crippen LogP contribution is -2.42. The van der Waals surface area contributed by atoms with Gasteiger partial charge in [-0.15, -0.1) is 0 Å². The third-order valence-electron chi connectivity index (χ3n) is 7.94. The molecule has 206 valence electrons. The molecule has 1 unspecified atom stereocenters. The summed E-state index contributed by atoms with van der Waals surface area (Å²) in [6, 6.07) is 7.16. The summed E-state index contributed by atoms with van der Waals surface area (Å²) in [7, 11) is 1.59. The van der Waals surface area contributed by atoms with Crippen molar-refractivity contribution in [1.29, 1.82) is 0 Å². The van der Waals surface area contributed by atoms with Crippen molar-refractivity contribution in [2.75, 3.05) is 33.4 Å². The number of hydrogen-bond donors (Lipinski definition) is 3. The number of ether oxygens (including phenoxy) is 1. The van der Waals surface area contributed by atoms with E-state index in [4.69, 9.17) is 10.5 Å². The van der Waals surface area contributed by atoms with Gasteiger partial charge in [-0.1, -0.05) is 0 Å². The first kappa shape index (κ1) is 28.3. The molecule has 0 amide bonds. The second kappa shape index (κ2) is 12.4. The molecule has 6 nitrogen and oxygen atoms in total. The largest absolute Gasteiger partial charge is 0.497 e. The summed E-state index contributed by atoms with van der Waals surface area (Å²) in [6.45, 7) is 2.45. The number of methoxy groups -OCH3 is 1. The standard InChI is InChI=1S/C29H36F3N3O3/c1-38-22-4-5-25-23(15-22)27(20(16-33)17-34-25)26(37)6-7-29(18-36)8-11-35(12-9-29)10-2-3-19-13-21(30)14-24(31)28(19)32/h4-5,13-15,17,26,36-37H,2-3,6-12,16,18,33H2,1H3. The van der Waals surface area contributed by atoms with Gasteiger partial charge in [0.2, 0.25) is 0 Å². The molecule has 0 radical (unpaired) electrons. The van der Waals surface area contributed by atoms with Gasteiger partial charge in [-0.05, 0) is 105 Å². The summed E-state index contributed by atoms with van der Waals surface area (Å²) in [5, 5.41) is 22.4. The number of likely N-dealkylation sites (tertiary alicyclic amines) is 1. The van der Waals surface area contributed by atoms with Crippen molar-refractivity contribution in [1.82, 2.24) is 9.88 Å². The molecule has 4 rings (SSSR count). The first-order chi connectivity index (χ1) is 18.3. The zero-order chi connectivity index (χ0) is 27.3. The molecule has 9 heteroatoms. The molecule has 0 aliphatic carbocycles. The highest BCUT2D eigenvalue weighted by molar-refractivity contribution is 5.85. The van der Waals surface area contributed by atoms with Crippen molar-refractivity contribution < 1.29 is 28.1 Å². The van der Waals surface area contributed by atoms with Crippen LogP contribution < -0.4 is 10.5 Å². The third-order valence-corrected chi connectivity index (χ3v) is 7.94. The highest BCUT2D eigenvalue weighted by Crippen LogP contribution is 2.39. The maximum absolute atomic E-state index is 13.9. The number of nitrogens with two attached hydrogens (primary N) is 1. The third kappa shape index (κ3) is 6.29. The number of nitrogens with zero attached hydrogens (tertiary/aromatic N) is 2. The number of rotatable bonds is 11. The molecule has 38 heavy (non-hydrogen) atoms. The molecule has 2 heterocycles. The Kier molecular flexibility index (Phi) is 9.25. The van der Waals surface area contributed by atoms with Gasteiger partial charge in [-0.25, -0.2) is 13.2 Å². The Hall–Kier alpha value is -2.72. The van der Waals surface area contributed by atoms with Crippen LogP contribution in [0.5, 0.6) is 5.75 Å². The molecule has 0 spiro atoms. The topological polar surface area (TPSA) is 91.8 Å². The minimum absolute atomic E-state index is 0.0238. The van der Waals surface area contributed by atoms with Gasteiger partial charge in [0.1, 0.15) is 11.6 Å². The lowest BCUT2D eigenvalue weighted by Gasteiger charge is -2.41. The zero-order valence-electron chi connectivity index (χ0n) is 21.7. The molecule has 0 saturated carbocycles. The molecule has 1 saturated heterocycles. The molecule has 1 fully saturated rings. The first-order valence-corrected chi connectivity index (χ1v) is 13.1. The van der Waals surface area contributed by atoms with Crippen molar-refractivity contribution in [3.8, 4) is 5.75 Å². The first-order valence-electron chi connectivity index (χ1n) is 13.1. The summed E-state index contributed by atoms with van der Waals surface area (Å²) in [5.74, 6) is -2.25. The number of halogens is 3. The van der Waals surface area contributed by atoms with Crippen molar-refractivity contribution in [3.63, 3.8) is 0 Å². The Balaban J connectivity index is 1.35. The second-order valence-corrected chi connectivity index (χ2v) is 10.3. The number of aliphatic hydroxyl groups excluding tert-OH is 2. The van der Waals surface area contributed by atoms with Crippen LogP contribution in [0.4, 0.5) is 13.2 Å². The van der Waals surface area contributed by atoms with E-state index < -0.39 is 23.6 Å². The van der Waals surface area contributed by atoms with Gasteiger partial charge < -0.3 is 25.6 Å². The van der Waals surface area contributed by atoms with Crippen LogP contribution >= 0.6 is 0 Å². The Morgan fingerprint density at radius 2 is 1.89 bits per heavy atom. The SMILES string of the molecule is COc1ccc2ncc(CN)c(C(O)CCC3(CO)CCN(CCCc4cc(F)cc(F)c4F)CC3)c2c1. The van der Waals surface area contributed by atoms with E-state index in [1.807, 2.05) is 18.2 Å². The van der Waals surface area contributed by atoms with E-state index in [0.717, 1.165) is 54.0 Å². The van der Waals surface area contributed by atoms with Crippen LogP contribution in [0.3, 0.4) is 0 Å². The van der Waals surface area contributed by atoms with Crippen LogP contribution in [0.25, 0.3) is 10.9 Å². The summed E-state index contributed by atoms with van der Waals surface area (Å²) in [5.41, 5.74) is 8.00. The second-order valence-electron chi connectivity index (χ2n) is 10.3. The molecule has 1 atom stereocenters. The lowest BCUT2D eigenvalue weighted by atomic mass is 9.74. The van der Waals surface area contributed by atoms with Gasteiger partial charge in [0.15, 0.2) is 11.6 Å². The van der Waals surface area contributed by atoms with Gasteiger partial charge >= 0.3 is 0 Å². The molecule has 2 aromatic carbocycles. The van der Waals surface area contributed by atoms with Crippen LogP contribution in [0, 0.1) is 22.9 Å². The minimum Gasteiger partial charge on any atom is -0.497 e. The van der Waals surface area contributed by atoms with E-state index in [-0.39, 0.29) is 30.6 Å². The van der Waals surface area contributed by atoms with E-state index in [9.17, 15) is 23.4 Å². The molecule has 3 aromatic rings. The molecular formula is C29H36F3N3O3. The van der Waals surface area contributed by atoms with E-state index in [0.29, 0.717) is 37.6 Å². The fraction of sp³-hybridized carbons (Fsp3) is 0.483. The molecule has 0 bridgehead atoms. The lowest BCUT2D eigenvalue weighted by molar-refractivity contribution is 0.0233. The maximum Gasteiger partial charge on any atom is 0.162 e. The normalized spacial score (nSPS) is 16.6. The minimum atomic E-state index is -1.16. The fourth-order valence-corrected chi connectivity index (χ4v) is 5.53. The number of benzene rings is 2. The average molecular weight is 532 g/mol. The fourth-order valence-electron chi connectivity index (χ4n) is 5.53. The number of hydrogen-bond acceptors (Lipinski definition) is 6. The number of aryl methyl sites for hydroxylation is 1. The molecule has 1 aromatic heterocycles. The zero-order valence-corrected chi connectivity index (χ0v) is 21.7. The molecule has 4 N–H and O–H groups in total. The maximum atomic E-state index is 13.9. The van der Waals surface area contributed by atoms with E-state index in [2.05, 4.69) is 9.88 Å². The van der Waals surface area contributed by atoms with E-state index in [1.54, 1.807) is 13.3 Å². The van der Waals surface area contributed by atoms with Gasteiger partial charge in [0.05, 0.1) is 18.7 Å². The van der Waals surface area contributed by atoms with E-state index in [1.165, 1.54) is 0 Å². The van der Waals surface area contributed by atoms with E-state index >= 15 is 0 Å². The predicted octanol–water partition coefficient (Wildman–Crippen LogP) is 4.64. The number of aromatic nitrogens is 1.